The zero-order valence-corrected chi connectivity index (χ0v) is 15.6. The highest BCUT2D eigenvalue weighted by atomic mass is 16.5. The third-order valence-electron chi connectivity index (χ3n) is 5.12. The number of hydrogen-bond acceptors (Lipinski definition) is 4. The highest BCUT2D eigenvalue weighted by molar-refractivity contribution is 6.07. The Morgan fingerprint density at radius 1 is 0.962 bits per heavy atom. The summed E-state index contributed by atoms with van der Waals surface area (Å²) >= 11 is 0. The van der Waals surface area contributed by atoms with Crippen molar-refractivity contribution in [1.29, 1.82) is 0 Å². The first-order valence-electron chi connectivity index (χ1n) is 9.05. The molecule has 0 atom stereocenters. The Morgan fingerprint density at radius 3 is 2.15 bits per heavy atom. The third kappa shape index (κ3) is 3.39. The maximum Gasteiger partial charge on any atom is 0.340 e. The maximum atomic E-state index is 12.6. The van der Waals surface area contributed by atoms with Crippen molar-refractivity contribution in [3.8, 4) is 11.3 Å². The summed E-state index contributed by atoms with van der Waals surface area (Å²) in [7, 11) is 2.66. The zero-order chi connectivity index (χ0) is 18.7. The SMILES string of the molecule is COC(=O)c1cn(C2CCCCC2)c(-c2ccc(C)cc2)c1C(=O)OC. The Labute approximate surface area is 153 Å². The fourth-order valence-corrected chi connectivity index (χ4v) is 3.75. The molecule has 1 aromatic heterocycles. The van der Waals surface area contributed by atoms with E-state index in [9.17, 15) is 9.59 Å². The molecule has 2 aromatic rings. The van der Waals surface area contributed by atoms with Crippen LogP contribution in [0.25, 0.3) is 11.3 Å². The highest BCUT2D eigenvalue weighted by Gasteiger charge is 2.31. The first kappa shape index (κ1) is 18.2. The second kappa shape index (κ2) is 7.77. The second-order valence-corrected chi connectivity index (χ2v) is 6.81. The molecule has 0 amide bonds. The summed E-state index contributed by atoms with van der Waals surface area (Å²) in [5.74, 6) is -1.04. The number of aromatic nitrogens is 1. The summed E-state index contributed by atoms with van der Waals surface area (Å²) in [6.07, 6.45) is 7.37. The summed E-state index contributed by atoms with van der Waals surface area (Å²) in [5, 5.41) is 0. The van der Waals surface area contributed by atoms with Crippen molar-refractivity contribution in [3.05, 3.63) is 47.2 Å². The zero-order valence-electron chi connectivity index (χ0n) is 15.6. The fraction of sp³-hybridized carbons (Fsp3) is 0.429. The highest BCUT2D eigenvalue weighted by Crippen LogP contribution is 2.37. The number of carbonyl (C=O) groups excluding carboxylic acids is 2. The molecule has 138 valence electrons. The smallest absolute Gasteiger partial charge is 0.340 e. The average Bonchev–Trinajstić information content (AvgIpc) is 3.08. The summed E-state index contributed by atoms with van der Waals surface area (Å²) < 4.78 is 12.0. The van der Waals surface area contributed by atoms with E-state index >= 15 is 0 Å². The van der Waals surface area contributed by atoms with Gasteiger partial charge in [0.15, 0.2) is 0 Å². The first-order chi connectivity index (χ1) is 12.6. The lowest BCUT2D eigenvalue weighted by molar-refractivity contribution is 0.0557. The van der Waals surface area contributed by atoms with E-state index in [1.54, 1.807) is 6.20 Å². The van der Waals surface area contributed by atoms with Crippen LogP contribution in [0.3, 0.4) is 0 Å². The van der Waals surface area contributed by atoms with Gasteiger partial charge in [0.05, 0.1) is 31.0 Å². The van der Waals surface area contributed by atoms with Crippen LogP contribution in [0.4, 0.5) is 0 Å². The largest absolute Gasteiger partial charge is 0.465 e. The van der Waals surface area contributed by atoms with E-state index in [2.05, 4.69) is 4.57 Å². The van der Waals surface area contributed by atoms with Crippen molar-refractivity contribution >= 4 is 11.9 Å². The van der Waals surface area contributed by atoms with Gasteiger partial charge in [-0.15, -0.1) is 0 Å². The van der Waals surface area contributed by atoms with E-state index in [1.807, 2.05) is 31.2 Å². The first-order valence-corrected chi connectivity index (χ1v) is 9.05. The van der Waals surface area contributed by atoms with E-state index in [4.69, 9.17) is 9.47 Å². The van der Waals surface area contributed by atoms with Crippen LogP contribution < -0.4 is 0 Å². The lowest BCUT2D eigenvalue weighted by atomic mass is 9.94. The molecule has 0 spiro atoms. The molecular formula is C21H25NO4. The molecule has 26 heavy (non-hydrogen) atoms. The lowest BCUT2D eigenvalue weighted by Gasteiger charge is -2.26. The predicted molar refractivity (Wildman–Crippen MR) is 99.4 cm³/mol. The van der Waals surface area contributed by atoms with Gasteiger partial charge in [-0.1, -0.05) is 49.1 Å². The van der Waals surface area contributed by atoms with E-state index in [0.717, 1.165) is 42.5 Å². The number of ether oxygens (including phenoxy) is 2. The number of aryl methyl sites for hydroxylation is 1. The number of hydrogen-bond donors (Lipinski definition) is 0. The number of carbonyl (C=O) groups is 2. The molecule has 1 aliphatic carbocycles. The number of nitrogens with zero attached hydrogens (tertiary/aromatic N) is 1. The van der Waals surface area contributed by atoms with Gasteiger partial charge in [-0.25, -0.2) is 9.59 Å². The van der Waals surface area contributed by atoms with Gasteiger partial charge in [-0.2, -0.15) is 0 Å². The molecule has 1 fully saturated rings. The molecule has 1 saturated carbocycles. The lowest BCUT2D eigenvalue weighted by Crippen LogP contribution is -2.14. The van der Waals surface area contributed by atoms with Crippen LogP contribution in [-0.4, -0.2) is 30.7 Å². The van der Waals surface area contributed by atoms with Gasteiger partial charge in [0, 0.05) is 12.2 Å². The molecule has 0 N–H and O–H groups in total. The van der Waals surface area contributed by atoms with Crippen molar-refractivity contribution < 1.29 is 19.1 Å². The Balaban J connectivity index is 2.24. The van der Waals surface area contributed by atoms with Crippen molar-refractivity contribution in [3.63, 3.8) is 0 Å². The Kier molecular flexibility index (Phi) is 5.45. The van der Waals surface area contributed by atoms with Gasteiger partial charge in [0.25, 0.3) is 0 Å². The molecule has 5 heteroatoms. The van der Waals surface area contributed by atoms with Gasteiger partial charge >= 0.3 is 11.9 Å². The molecule has 5 nitrogen and oxygen atoms in total. The van der Waals surface area contributed by atoms with Crippen molar-refractivity contribution in [2.24, 2.45) is 0 Å². The van der Waals surface area contributed by atoms with Crippen molar-refractivity contribution in [2.45, 2.75) is 45.1 Å². The maximum absolute atomic E-state index is 12.6. The minimum atomic E-state index is -0.520. The van der Waals surface area contributed by atoms with Crippen LogP contribution in [0.15, 0.2) is 30.5 Å². The van der Waals surface area contributed by atoms with E-state index in [-0.39, 0.29) is 17.2 Å². The van der Waals surface area contributed by atoms with Crippen LogP contribution in [-0.2, 0) is 9.47 Å². The van der Waals surface area contributed by atoms with E-state index in [0.29, 0.717) is 0 Å². The molecule has 0 radical (unpaired) electrons. The van der Waals surface area contributed by atoms with Crippen LogP contribution in [0, 0.1) is 6.92 Å². The molecule has 0 saturated heterocycles. The standard InChI is InChI=1S/C21H25NO4/c1-14-9-11-15(12-10-14)19-18(21(24)26-3)17(20(23)25-2)13-22(19)16-7-5-4-6-8-16/h9-13,16H,4-8H2,1-3H3. The van der Waals surface area contributed by atoms with E-state index in [1.165, 1.54) is 20.6 Å². The van der Waals surface area contributed by atoms with Crippen molar-refractivity contribution in [1.82, 2.24) is 4.57 Å². The third-order valence-corrected chi connectivity index (χ3v) is 5.12. The Morgan fingerprint density at radius 2 is 1.58 bits per heavy atom. The van der Waals surface area contributed by atoms with Gasteiger partial charge < -0.3 is 14.0 Å². The summed E-state index contributed by atoms with van der Waals surface area (Å²) in [5.41, 5.74) is 3.33. The molecule has 0 aliphatic heterocycles. The van der Waals surface area contributed by atoms with Gasteiger partial charge in [-0.3, -0.25) is 0 Å². The number of methoxy groups -OCH3 is 2. The minimum Gasteiger partial charge on any atom is -0.465 e. The van der Waals surface area contributed by atoms with Crippen LogP contribution in [0.2, 0.25) is 0 Å². The predicted octanol–water partition coefficient (Wildman–Crippen LogP) is 4.54. The Bertz CT molecular complexity index is 798. The van der Waals surface area contributed by atoms with Gasteiger partial charge in [0.1, 0.15) is 0 Å². The monoisotopic (exact) mass is 355 g/mol. The number of rotatable bonds is 4. The minimum absolute atomic E-state index is 0.264. The number of esters is 2. The van der Waals surface area contributed by atoms with Crippen LogP contribution >= 0.6 is 0 Å². The summed E-state index contributed by atoms with van der Waals surface area (Å²) in [4.78, 5) is 24.9. The molecule has 1 aliphatic rings. The topological polar surface area (TPSA) is 57.5 Å². The molecule has 1 aromatic carbocycles. The summed E-state index contributed by atoms with van der Waals surface area (Å²) in [6.45, 7) is 2.02. The van der Waals surface area contributed by atoms with Crippen LogP contribution in [0.1, 0.15) is 64.4 Å². The van der Waals surface area contributed by atoms with Gasteiger partial charge in [-0.05, 0) is 25.3 Å². The number of benzene rings is 1. The molecule has 0 unspecified atom stereocenters. The molecular weight excluding hydrogens is 330 g/mol. The van der Waals surface area contributed by atoms with E-state index < -0.39 is 11.9 Å². The van der Waals surface area contributed by atoms with Crippen molar-refractivity contribution in [2.75, 3.05) is 14.2 Å². The quantitative estimate of drug-likeness (QED) is 0.756. The molecule has 1 heterocycles. The second-order valence-electron chi connectivity index (χ2n) is 6.81. The fourth-order valence-electron chi connectivity index (χ4n) is 3.75. The molecule has 0 bridgehead atoms. The summed E-state index contributed by atoms with van der Waals surface area (Å²) in [6, 6.07) is 8.25. The normalized spacial score (nSPS) is 14.9. The molecule has 3 rings (SSSR count). The van der Waals surface area contributed by atoms with Gasteiger partial charge in [0.2, 0.25) is 0 Å². The Hall–Kier alpha value is -2.56. The van der Waals surface area contributed by atoms with Crippen LogP contribution in [0.5, 0.6) is 0 Å². The average molecular weight is 355 g/mol.